The average Bonchev–Trinajstić information content (AvgIpc) is 1.94. The highest BCUT2D eigenvalue weighted by Gasteiger charge is 2.41. The van der Waals surface area contributed by atoms with Gasteiger partial charge in [-0.15, -0.1) is 0 Å². The van der Waals surface area contributed by atoms with Gasteiger partial charge < -0.3 is 4.74 Å². The average molecular weight is 220 g/mol. The van der Waals surface area contributed by atoms with E-state index in [-0.39, 0.29) is 12.3 Å². The minimum absolute atomic E-state index is 0.251. The molecule has 0 rings (SSSR count). The highest BCUT2D eigenvalue weighted by atomic mass is 19.4. The summed E-state index contributed by atoms with van der Waals surface area (Å²) in [6.07, 6.45) is -9.82. The Kier molecular flexibility index (Phi) is 5.33. The van der Waals surface area contributed by atoms with Crippen molar-refractivity contribution in [1.29, 1.82) is 0 Å². The maximum atomic E-state index is 12.2. The predicted octanol–water partition coefficient (Wildman–Crippen LogP) is 3.25. The molecule has 0 saturated carbocycles. The molecule has 0 aliphatic carbocycles. The van der Waals surface area contributed by atoms with Crippen molar-refractivity contribution >= 4 is 0 Å². The van der Waals surface area contributed by atoms with Gasteiger partial charge in [-0.3, -0.25) is 0 Å². The zero-order chi connectivity index (χ0) is 11.4. The lowest BCUT2D eigenvalue weighted by Crippen LogP contribution is -2.34. The molecule has 1 nitrogen and oxygen atoms in total. The SMILES string of the molecule is CC(C)CC(OCC(F)F)C(F)(F)F. The van der Waals surface area contributed by atoms with Crippen molar-refractivity contribution in [3.05, 3.63) is 0 Å². The molecule has 0 aliphatic heterocycles. The third-order valence-electron chi connectivity index (χ3n) is 1.47. The minimum Gasteiger partial charge on any atom is -0.363 e. The molecule has 0 bridgehead atoms. The first kappa shape index (κ1) is 13.6. The molecular formula is C8H13F5O. The minimum atomic E-state index is -4.57. The van der Waals surface area contributed by atoms with E-state index in [9.17, 15) is 22.0 Å². The second-order valence-electron chi connectivity index (χ2n) is 3.38. The van der Waals surface area contributed by atoms with Crippen molar-refractivity contribution in [2.75, 3.05) is 6.61 Å². The van der Waals surface area contributed by atoms with Gasteiger partial charge in [0.05, 0.1) is 0 Å². The van der Waals surface area contributed by atoms with E-state index in [1.807, 2.05) is 0 Å². The molecule has 0 aromatic carbocycles. The number of rotatable bonds is 5. The summed E-state index contributed by atoms with van der Waals surface area (Å²) in [5.74, 6) is -0.251. The third kappa shape index (κ3) is 6.12. The van der Waals surface area contributed by atoms with Crippen LogP contribution in [0.2, 0.25) is 0 Å². The maximum Gasteiger partial charge on any atom is 0.414 e. The van der Waals surface area contributed by atoms with Crippen LogP contribution in [0.3, 0.4) is 0 Å². The normalized spacial score (nSPS) is 15.2. The van der Waals surface area contributed by atoms with Crippen LogP contribution < -0.4 is 0 Å². The highest BCUT2D eigenvalue weighted by Crippen LogP contribution is 2.28. The fraction of sp³-hybridized carbons (Fsp3) is 1.00. The molecule has 0 saturated heterocycles. The summed E-state index contributed by atoms with van der Waals surface area (Å²) in [4.78, 5) is 0. The van der Waals surface area contributed by atoms with Gasteiger partial charge in [-0.25, -0.2) is 8.78 Å². The molecule has 86 valence electrons. The van der Waals surface area contributed by atoms with Crippen LogP contribution in [-0.4, -0.2) is 25.3 Å². The quantitative estimate of drug-likeness (QED) is 0.646. The number of halogens is 5. The van der Waals surface area contributed by atoms with Crippen molar-refractivity contribution in [3.63, 3.8) is 0 Å². The number of hydrogen-bond donors (Lipinski definition) is 0. The monoisotopic (exact) mass is 220 g/mol. The molecule has 0 aliphatic rings. The molecule has 0 N–H and O–H groups in total. The zero-order valence-electron chi connectivity index (χ0n) is 7.94. The third-order valence-corrected chi connectivity index (χ3v) is 1.47. The predicted molar refractivity (Wildman–Crippen MR) is 41.3 cm³/mol. The van der Waals surface area contributed by atoms with E-state index in [1.54, 1.807) is 13.8 Å². The van der Waals surface area contributed by atoms with Crippen LogP contribution in [0.4, 0.5) is 22.0 Å². The Balaban J connectivity index is 4.12. The topological polar surface area (TPSA) is 9.23 Å². The van der Waals surface area contributed by atoms with E-state index in [1.165, 1.54) is 0 Å². The van der Waals surface area contributed by atoms with Crippen LogP contribution in [0.1, 0.15) is 20.3 Å². The first-order valence-corrected chi connectivity index (χ1v) is 4.20. The molecule has 6 heteroatoms. The second-order valence-corrected chi connectivity index (χ2v) is 3.38. The van der Waals surface area contributed by atoms with E-state index in [0.717, 1.165) is 0 Å². The molecule has 0 aromatic heterocycles. The van der Waals surface area contributed by atoms with E-state index < -0.39 is 25.3 Å². The van der Waals surface area contributed by atoms with Crippen LogP contribution in [0.25, 0.3) is 0 Å². The van der Waals surface area contributed by atoms with Gasteiger partial charge in [0.1, 0.15) is 6.61 Å². The number of ether oxygens (including phenoxy) is 1. The van der Waals surface area contributed by atoms with Crippen molar-refractivity contribution in [3.8, 4) is 0 Å². The van der Waals surface area contributed by atoms with Crippen molar-refractivity contribution in [2.45, 2.75) is 39.0 Å². The van der Waals surface area contributed by atoms with Crippen LogP contribution in [0.15, 0.2) is 0 Å². The lowest BCUT2D eigenvalue weighted by molar-refractivity contribution is -0.231. The van der Waals surface area contributed by atoms with Gasteiger partial charge >= 0.3 is 6.18 Å². The van der Waals surface area contributed by atoms with Gasteiger partial charge in [-0.1, -0.05) is 13.8 Å². The lowest BCUT2D eigenvalue weighted by Gasteiger charge is -2.22. The Bertz CT molecular complexity index is 154. The van der Waals surface area contributed by atoms with Crippen molar-refractivity contribution in [1.82, 2.24) is 0 Å². The lowest BCUT2D eigenvalue weighted by atomic mass is 10.1. The number of alkyl halides is 5. The second kappa shape index (κ2) is 5.48. The zero-order valence-corrected chi connectivity index (χ0v) is 7.94. The molecular weight excluding hydrogens is 207 g/mol. The Morgan fingerprint density at radius 2 is 1.64 bits per heavy atom. The largest absolute Gasteiger partial charge is 0.414 e. The summed E-state index contributed by atoms with van der Waals surface area (Å²) >= 11 is 0. The molecule has 0 fully saturated rings. The fourth-order valence-corrected chi connectivity index (χ4v) is 0.913. The molecule has 0 heterocycles. The van der Waals surface area contributed by atoms with E-state index in [0.29, 0.717) is 0 Å². The molecule has 0 spiro atoms. The molecule has 0 radical (unpaired) electrons. The van der Waals surface area contributed by atoms with Gasteiger partial charge in [0.25, 0.3) is 6.43 Å². The molecule has 14 heavy (non-hydrogen) atoms. The fourth-order valence-electron chi connectivity index (χ4n) is 0.913. The standard InChI is InChI=1S/C8H13F5O/c1-5(2)3-6(8(11,12)13)14-4-7(9)10/h5-7H,3-4H2,1-2H3. The summed E-state index contributed by atoms with van der Waals surface area (Å²) in [7, 11) is 0. The molecule has 1 atom stereocenters. The molecule has 1 unspecified atom stereocenters. The van der Waals surface area contributed by atoms with Gasteiger partial charge in [-0.05, 0) is 12.3 Å². The molecule has 0 amide bonds. The van der Waals surface area contributed by atoms with Crippen molar-refractivity contribution in [2.24, 2.45) is 5.92 Å². The molecule has 0 aromatic rings. The summed E-state index contributed by atoms with van der Waals surface area (Å²) in [6.45, 7) is 1.98. The van der Waals surface area contributed by atoms with Crippen LogP contribution >= 0.6 is 0 Å². The summed E-state index contributed by atoms with van der Waals surface area (Å²) in [6, 6.07) is 0. The van der Waals surface area contributed by atoms with Gasteiger partial charge in [0.15, 0.2) is 6.10 Å². The first-order valence-electron chi connectivity index (χ1n) is 4.20. The Morgan fingerprint density at radius 1 is 1.14 bits per heavy atom. The van der Waals surface area contributed by atoms with Gasteiger partial charge in [-0.2, -0.15) is 13.2 Å². The smallest absolute Gasteiger partial charge is 0.363 e. The van der Waals surface area contributed by atoms with Crippen molar-refractivity contribution < 1.29 is 26.7 Å². The number of hydrogen-bond acceptors (Lipinski definition) is 1. The summed E-state index contributed by atoms with van der Waals surface area (Å²) < 4.78 is 63.8. The van der Waals surface area contributed by atoms with E-state index >= 15 is 0 Å². The Morgan fingerprint density at radius 3 is 1.93 bits per heavy atom. The van der Waals surface area contributed by atoms with E-state index in [2.05, 4.69) is 4.74 Å². The maximum absolute atomic E-state index is 12.2. The van der Waals surface area contributed by atoms with Crippen LogP contribution in [0.5, 0.6) is 0 Å². The summed E-state index contributed by atoms with van der Waals surface area (Å²) in [5.41, 5.74) is 0. The highest BCUT2D eigenvalue weighted by molar-refractivity contribution is 4.69. The van der Waals surface area contributed by atoms with Gasteiger partial charge in [0, 0.05) is 0 Å². The summed E-state index contributed by atoms with van der Waals surface area (Å²) in [5, 5.41) is 0. The van der Waals surface area contributed by atoms with Crippen LogP contribution in [0, 0.1) is 5.92 Å². The van der Waals surface area contributed by atoms with Crippen LogP contribution in [-0.2, 0) is 4.74 Å². The van der Waals surface area contributed by atoms with E-state index in [4.69, 9.17) is 0 Å². The Labute approximate surface area is 79.2 Å². The Hall–Kier alpha value is -0.390. The first-order chi connectivity index (χ1) is 6.23. The van der Waals surface area contributed by atoms with Gasteiger partial charge in [0.2, 0.25) is 0 Å².